The molecule has 8 nitrogen and oxygen atoms in total. The molecule has 5 rings (SSSR count). The van der Waals surface area contributed by atoms with Crippen molar-refractivity contribution < 1.29 is 50.2 Å². The molecule has 0 bridgehead atoms. The average molecular weight is 617 g/mol. The van der Waals surface area contributed by atoms with Crippen LogP contribution in [0.15, 0.2) is 36.4 Å². The number of alkyl halides is 5. The van der Waals surface area contributed by atoms with Gasteiger partial charge in [-0.25, -0.2) is 17.6 Å². The third-order valence-electron chi connectivity index (χ3n) is 6.75. The van der Waals surface area contributed by atoms with Crippen molar-refractivity contribution in [1.82, 2.24) is 5.32 Å². The Labute approximate surface area is 235 Å². The number of hydrogen-bond acceptors (Lipinski definition) is 5. The number of amides is 3. The number of primary amides is 1. The van der Waals surface area contributed by atoms with Crippen molar-refractivity contribution in [3.63, 3.8) is 0 Å². The summed E-state index contributed by atoms with van der Waals surface area (Å²) >= 11 is 6.19. The molecule has 2 heterocycles. The van der Waals surface area contributed by atoms with Gasteiger partial charge in [0.1, 0.15) is 11.6 Å². The molecule has 1 atom stereocenters. The number of carbonyl (C=O) groups is 3. The van der Waals surface area contributed by atoms with E-state index in [9.17, 15) is 50.2 Å². The minimum absolute atomic E-state index is 0.0325. The van der Waals surface area contributed by atoms with Crippen molar-refractivity contribution in [2.45, 2.75) is 18.3 Å². The van der Waals surface area contributed by atoms with Crippen molar-refractivity contribution >= 4 is 40.7 Å². The lowest BCUT2D eigenvalue weighted by molar-refractivity contribution is -0.137. The van der Waals surface area contributed by atoms with Gasteiger partial charge in [-0.1, -0.05) is 11.6 Å². The summed E-state index contributed by atoms with van der Waals surface area (Å²) < 4.78 is 98.7. The van der Waals surface area contributed by atoms with Crippen LogP contribution in [-0.2, 0) is 16.7 Å². The summed E-state index contributed by atoms with van der Waals surface area (Å²) in [5.41, 5.74) is -5.22. The third kappa shape index (κ3) is 4.67. The number of aliphatic hydroxyl groups is 1. The molecule has 0 spiro atoms. The van der Waals surface area contributed by atoms with E-state index in [4.69, 9.17) is 17.3 Å². The van der Waals surface area contributed by atoms with Crippen LogP contribution in [0.5, 0.6) is 0 Å². The van der Waals surface area contributed by atoms with Crippen molar-refractivity contribution in [3.05, 3.63) is 80.9 Å². The lowest BCUT2D eigenvalue weighted by Crippen LogP contribution is -2.41. The topological polar surface area (TPSA) is 125 Å². The van der Waals surface area contributed by atoms with E-state index in [2.05, 4.69) is 10.6 Å². The van der Waals surface area contributed by atoms with Crippen LogP contribution in [-0.4, -0.2) is 42.3 Å². The highest BCUT2D eigenvalue weighted by molar-refractivity contribution is 6.31. The number of nitrogens with two attached hydrogens (primary N) is 1. The highest BCUT2D eigenvalue weighted by atomic mass is 35.5. The van der Waals surface area contributed by atoms with Crippen LogP contribution in [0.2, 0.25) is 5.02 Å². The zero-order valence-electron chi connectivity index (χ0n) is 20.7. The largest absolute Gasteiger partial charge is 0.417 e. The first kappa shape index (κ1) is 29.1. The van der Waals surface area contributed by atoms with Gasteiger partial charge >= 0.3 is 6.18 Å². The summed E-state index contributed by atoms with van der Waals surface area (Å²) in [6.45, 7) is -1.83. The molecule has 0 saturated carbocycles. The van der Waals surface area contributed by atoms with E-state index in [-0.39, 0.29) is 16.8 Å². The fraction of sp³-hybridized carbons (Fsp3) is 0.192. The molecule has 1 unspecified atom stereocenters. The van der Waals surface area contributed by atoms with Crippen LogP contribution in [0.3, 0.4) is 0 Å². The van der Waals surface area contributed by atoms with E-state index in [1.165, 1.54) is 0 Å². The predicted molar refractivity (Wildman–Crippen MR) is 134 cm³/mol. The van der Waals surface area contributed by atoms with Crippen LogP contribution >= 0.6 is 11.6 Å². The second-order valence-electron chi connectivity index (χ2n) is 9.41. The molecule has 3 aromatic rings. The molecule has 2 aliphatic heterocycles. The van der Waals surface area contributed by atoms with Gasteiger partial charge in [0.15, 0.2) is 5.72 Å². The molecule has 3 aromatic carbocycles. The lowest BCUT2D eigenvalue weighted by Gasteiger charge is -2.34. The maximum atomic E-state index is 14.4. The van der Waals surface area contributed by atoms with Crippen molar-refractivity contribution in [1.29, 1.82) is 0 Å². The summed E-state index contributed by atoms with van der Waals surface area (Å²) in [7, 11) is 0. The minimum atomic E-state index is -5.37. The molecule has 3 amide bonds. The molecule has 220 valence electrons. The minimum Gasteiger partial charge on any atom is -0.366 e. The molecule has 0 aromatic heterocycles. The van der Waals surface area contributed by atoms with Gasteiger partial charge in [-0.2, -0.15) is 13.2 Å². The maximum Gasteiger partial charge on any atom is 0.417 e. The SMILES string of the molecule is NC(=O)c1cc(F)cc(C(F)(F)F)c1-c1cc2c(c3c1C(O)(c1cc(F)ccc1Cl)NC3=O)NC(=O)CN2CC(F)F. The zero-order valence-corrected chi connectivity index (χ0v) is 21.4. The number of anilines is 2. The molecule has 0 aliphatic carbocycles. The first-order valence-corrected chi connectivity index (χ1v) is 12.2. The van der Waals surface area contributed by atoms with Gasteiger partial charge in [0.05, 0.1) is 41.2 Å². The predicted octanol–water partition coefficient (Wildman–Crippen LogP) is 4.36. The van der Waals surface area contributed by atoms with Gasteiger partial charge in [-0.05, 0) is 42.0 Å². The van der Waals surface area contributed by atoms with Crippen LogP contribution < -0.4 is 21.3 Å². The van der Waals surface area contributed by atoms with Gasteiger partial charge in [0, 0.05) is 21.7 Å². The highest BCUT2D eigenvalue weighted by Gasteiger charge is 2.51. The van der Waals surface area contributed by atoms with E-state index in [1.807, 2.05) is 0 Å². The van der Waals surface area contributed by atoms with E-state index >= 15 is 0 Å². The van der Waals surface area contributed by atoms with Crippen molar-refractivity contribution in [2.24, 2.45) is 5.73 Å². The number of carbonyl (C=O) groups excluding carboxylic acids is 3. The first-order valence-electron chi connectivity index (χ1n) is 11.8. The number of hydrogen-bond donors (Lipinski definition) is 4. The lowest BCUT2D eigenvalue weighted by atomic mass is 9.82. The summed E-state index contributed by atoms with van der Waals surface area (Å²) in [6.07, 6.45) is -8.43. The fourth-order valence-corrected chi connectivity index (χ4v) is 5.45. The second kappa shape index (κ2) is 9.87. The Balaban J connectivity index is 2.00. The Kier molecular flexibility index (Phi) is 6.85. The number of fused-ring (bicyclic) bond motifs is 3. The smallest absolute Gasteiger partial charge is 0.366 e. The Morgan fingerprint density at radius 2 is 1.79 bits per heavy atom. The second-order valence-corrected chi connectivity index (χ2v) is 9.82. The molecule has 0 radical (unpaired) electrons. The van der Waals surface area contributed by atoms with Crippen LogP contribution in [0.4, 0.5) is 42.1 Å². The summed E-state index contributed by atoms with van der Waals surface area (Å²) in [5.74, 6) is -6.18. The quantitative estimate of drug-likeness (QED) is 0.317. The van der Waals surface area contributed by atoms with Crippen molar-refractivity contribution in [3.8, 4) is 11.1 Å². The van der Waals surface area contributed by atoms with E-state index < -0.39 is 105 Å². The third-order valence-corrected chi connectivity index (χ3v) is 7.08. The molecule has 2 aliphatic rings. The Morgan fingerprint density at radius 1 is 1.10 bits per heavy atom. The Hall–Kier alpha value is -4.37. The monoisotopic (exact) mass is 616 g/mol. The number of benzene rings is 3. The van der Waals surface area contributed by atoms with Crippen LogP contribution in [0.25, 0.3) is 11.1 Å². The summed E-state index contributed by atoms with van der Waals surface area (Å²) in [6, 6.07) is 3.76. The number of nitrogens with zero attached hydrogens (tertiary/aromatic N) is 1. The first-order chi connectivity index (χ1) is 19.5. The fourth-order valence-electron chi connectivity index (χ4n) is 5.19. The van der Waals surface area contributed by atoms with Crippen LogP contribution in [0, 0.1) is 11.6 Å². The number of halogens is 8. The normalized spacial score (nSPS) is 18.1. The van der Waals surface area contributed by atoms with Gasteiger partial charge in [0.2, 0.25) is 11.8 Å². The Morgan fingerprint density at radius 3 is 2.40 bits per heavy atom. The van der Waals surface area contributed by atoms with E-state index in [0.717, 1.165) is 23.1 Å². The molecule has 5 N–H and O–H groups in total. The standard InChI is InChI=1S/C26H16ClF7N4O4/c27-15-2-1-9(28)4-13(15)25(42)21-11(19-12(23(35)40)3-10(29)5-14(19)26(32,33)34)6-16-22(20(21)24(41)37-25)36-18(39)8-38(16)7-17(30)31/h1-6,17,42H,7-8H2,(H2,35,40)(H,36,39)(H,37,41). The molecule has 0 saturated heterocycles. The number of nitrogens with one attached hydrogen (secondary N) is 2. The highest BCUT2D eigenvalue weighted by Crippen LogP contribution is 2.52. The molecule has 42 heavy (non-hydrogen) atoms. The maximum absolute atomic E-state index is 14.4. The number of rotatable bonds is 5. The molecular weight excluding hydrogens is 601 g/mol. The van der Waals surface area contributed by atoms with E-state index in [1.54, 1.807) is 0 Å². The van der Waals surface area contributed by atoms with Gasteiger partial charge in [-0.15, -0.1) is 0 Å². The molecular formula is C26H16ClF7N4O4. The summed E-state index contributed by atoms with van der Waals surface area (Å²) in [5, 5.41) is 15.9. The summed E-state index contributed by atoms with van der Waals surface area (Å²) in [4.78, 5) is 39.0. The molecule has 16 heteroatoms. The van der Waals surface area contributed by atoms with Gasteiger partial charge in [-0.3, -0.25) is 14.4 Å². The van der Waals surface area contributed by atoms with Gasteiger partial charge in [0.25, 0.3) is 12.3 Å². The van der Waals surface area contributed by atoms with Crippen LogP contribution in [0.1, 0.15) is 37.4 Å². The molecule has 0 fully saturated rings. The Bertz CT molecular complexity index is 1700. The zero-order chi connectivity index (χ0) is 30.9. The average Bonchev–Trinajstić information content (AvgIpc) is 3.15. The van der Waals surface area contributed by atoms with E-state index in [0.29, 0.717) is 12.1 Å². The van der Waals surface area contributed by atoms with Gasteiger partial charge < -0.3 is 26.4 Å². The van der Waals surface area contributed by atoms with Crippen molar-refractivity contribution in [2.75, 3.05) is 23.3 Å².